The third kappa shape index (κ3) is 1.99. The number of aryl methyl sites for hydroxylation is 1. The van der Waals surface area contributed by atoms with E-state index in [-0.39, 0.29) is 0 Å². The zero-order valence-corrected chi connectivity index (χ0v) is 10.1. The molecule has 16 heavy (non-hydrogen) atoms. The first-order valence-electron chi connectivity index (χ1n) is 4.78. The summed E-state index contributed by atoms with van der Waals surface area (Å²) in [4.78, 5) is 4.29. The van der Waals surface area contributed by atoms with Gasteiger partial charge in [0.05, 0.1) is 15.7 Å². The maximum atomic E-state index is 5.93. The molecule has 0 aliphatic carbocycles. The quantitative estimate of drug-likeness (QED) is 0.813. The molecule has 0 spiro atoms. The molecule has 2 rings (SSSR count). The van der Waals surface area contributed by atoms with Crippen LogP contribution in [0.3, 0.4) is 0 Å². The first-order chi connectivity index (χ1) is 7.61. The molecule has 0 aliphatic rings. The Morgan fingerprint density at radius 1 is 1.31 bits per heavy atom. The van der Waals surface area contributed by atoms with Crippen molar-refractivity contribution >= 4 is 28.9 Å². The standard InChI is InChI=1S/C10H10Cl2N4/c1-2-8-14-10(16-15-8)5-3-6(11)9(13)7(12)4-5/h3-4H,2,13H2,1H3,(H,14,15,16). The van der Waals surface area contributed by atoms with Crippen LogP contribution in [-0.4, -0.2) is 15.2 Å². The second-order valence-corrected chi connectivity index (χ2v) is 4.13. The Bertz CT molecular complexity index is 498. The number of hydrogen-bond acceptors (Lipinski definition) is 3. The molecule has 3 N–H and O–H groups in total. The number of aromatic amines is 1. The average Bonchev–Trinajstić information content (AvgIpc) is 2.73. The van der Waals surface area contributed by atoms with E-state index in [1.807, 2.05) is 6.92 Å². The largest absolute Gasteiger partial charge is 0.396 e. The highest BCUT2D eigenvalue weighted by Crippen LogP contribution is 2.32. The van der Waals surface area contributed by atoms with Crippen LogP contribution in [0.4, 0.5) is 5.69 Å². The van der Waals surface area contributed by atoms with E-state index >= 15 is 0 Å². The van der Waals surface area contributed by atoms with Gasteiger partial charge in [0, 0.05) is 12.0 Å². The van der Waals surface area contributed by atoms with Crippen molar-refractivity contribution in [2.75, 3.05) is 5.73 Å². The molecule has 0 aliphatic heterocycles. The molecule has 0 radical (unpaired) electrons. The van der Waals surface area contributed by atoms with Crippen molar-refractivity contribution in [2.45, 2.75) is 13.3 Å². The van der Waals surface area contributed by atoms with Crippen LogP contribution in [0.1, 0.15) is 12.7 Å². The Balaban J connectivity index is 2.48. The van der Waals surface area contributed by atoms with E-state index in [1.165, 1.54) is 0 Å². The minimum absolute atomic E-state index is 0.373. The van der Waals surface area contributed by atoms with Crippen molar-refractivity contribution in [2.24, 2.45) is 0 Å². The van der Waals surface area contributed by atoms with E-state index in [1.54, 1.807) is 12.1 Å². The fraction of sp³-hybridized carbons (Fsp3) is 0.200. The van der Waals surface area contributed by atoms with E-state index in [0.717, 1.165) is 17.8 Å². The van der Waals surface area contributed by atoms with E-state index in [0.29, 0.717) is 21.6 Å². The molecule has 6 heteroatoms. The lowest BCUT2D eigenvalue weighted by atomic mass is 10.2. The van der Waals surface area contributed by atoms with Gasteiger partial charge in [0.1, 0.15) is 5.82 Å². The van der Waals surface area contributed by atoms with Crippen molar-refractivity contribution in [1.29, 1.82) is 0 Å². The number of rotatable bonds is 2. The third-order valence-corrected chi connectivity index (χ3v) is 2.83. The SMILES string of the molecule is CCc1nc(-c2cc(Cl)c(N)c(Cl)c2)n[nH]1. The molecular formula is C10H10Cl2N4. The summed E-state index contributed by atoms with van der Waals surface area (Å²) >= 11 is 11.9. The molecule has 0 saturated heterocycles. The van der Waals surface area contributed by atoms with E-state index < -0.39 is 0 Å². The van der Waals surface area contributed by atoms with Gasteiger partial charge >= 0.3 is 0 Å². The van der Waals surface area contributed by atoms with Gasteiger partial charge in [0.2, 0.25) is 0 Å². The Kier molecular flexibility index (Phi) is 3.03. The van der Waals surface area contributed by atoms with Gasteiger partial charge in [-0.3, -0.25) is 5.10 Å². The number of aromatic nitrogens is 3. The van der Waals surface area contributed by atoms with Gasteiger partial charge in [0.25, 0.3) is 0 Å². The van der Waals surface area contributed by atoms with Crippen molar-refractivity contribution < 1.29 is 0 Å². The monoisotopic (exact) mass is 256 g/mol. The number of nitrogens with one attached hydrogen (secondary N) is 1. The lowest BCUT2D eigenvalue weighted by Gasteiger charge is -2.03. The molecular weight excluding hydrogens is 247 g/mol. The van der Waals surface area contributed by atoms with Crippen molar-refractivity contribution in [3.8, 4) is 11.4 Å². The van der Waals surface area contributed by atoms with Gasteiger partial charge in [-0.15, -0.1) is 0 Å². The van der Waals surface area contributed by atoms with Gasteiger partial charge in [0.15, 0.2) is 5.82 Å². The topological polar surface area (TPSA) is 67.6 Å². The second kappa shape index (κ2) is 4.31. The van der Waals surface area contributed by atoms with Crippen molar-refractivity contribution in [1.82, 2.24) is 15.2 Å². The maximum Gasteiger partial charge on any atom is 0.181 e. The Morgan fingerprint density at radius 3 is 2.44 bits per heavy atom. The molecule has 0 bridgehead atoms. The zero-order chi connectivity index (χ0) is 11.7. The predicted octanol–water partition coefficient (Wildman–Crippen LogP) is 2.92. The number of hydrogen-bond donors (Lipinski definition) is 2. The van der Waals surface area contributed by atoms with Gasteiger partial charge in [-0.1, -0.05) is 30.1 Å². The Morgan fingerprint density at radius 2 is 1.94 bits per heavy atom. The van der Waals surface area contributed by atoms with Gasteiger partial charge in [-0.05, 0) is 12.1 Å². The number of benzene rings is 1. The summed E-state index contributed by atoms with van der Waals surface area (Å²) in [6, 6.07) is 3.40. The van der Waals surface area contributed by atoms with E-state index in [2.05, 4.69) is 15.2 Å². The zero-order valence-electron chi connectivity index (χ0n) is 8.59. The summed E-state index contributed by atoms with van der Waals surface area (Å²) in [5.41, 5.74) is 6.77. The summed E-state index contributed by atoms with van der Waals surface area (Å²) in [6.45, 7) is 1.99. The molecule has 1 aromatic heterocycles. The minimum Gasteiger partial charge on any atom is -0.396 e. The fourth-order valence-corrected chi connectivity index (χ4v) is 1.78. The van der Waals surface area contributed by atoms with Crippen LogP contribution in [-0.2, 0) is 6.42 Å². The highest BCUT2D eigenvalue weighted by atomic mass is 35.5. The van der Waals surface area contributed by atoms with Crippen LogP contribution in [0.15, 0.2) is 12.1 Å². The number of H-pyrrole nitrogens is 1. The normalized spacial score (nSPS) is 10.7. The molecule has 0 amide bonds. The van der Waals surface area contributed by atoms with Crippen molar-refractivity contribution in [3.05, 3.63) is 28.0 Å². The maximum absolute atomic E-state index is 5.93. The molecule has 0 atom stereocenters. The van der Waals surface area contributed by atoms with Crippen LogP contribution in [0.5, 0.6) is 0 Å². The number of nitrogens with zero attached hydrogens (tertiary/aromatic N) is 2. The summed E-state index contributed by atoms with van der Waals surface area (Å²) in [5.74, 6) is 1.39. The van der Waals surface area contributed by atoms with Gasteiger partial charge < -0.3 is 5.73 Å². The van der Waals surface area contributed by atoms with E-state index in [4.69, 9.17) is 28.9 Å². The Hall–Kier alpha value is -1.26. The molecule has 1 heterocycles. The summed E-state index contributed by atoms with van der Waals surface area (Å²) in [6.07, 6.45) is 0.795. The Labute approximate surface area is 103 Å². The number of nitrogens with two attached hydrogens (primary N) is 1. The fourth-order valence-electron chi connectivity index (χ4n) is 1.30. The van der Waals surface area contributed by atoms with Crippen molar-refractivity contribution in [3.63, 3.8) is 0 Å². The molecule has 84 valence electrons. The molecule has 4 nitrogen and oxygen atoms in total. The van der Waals surface area contributed by atoms with Crippen LogP contribution in [0.2, 0.25) is 10.0 Å². The summed E-state index contributed by atoms with van der Waals surface area (Å²) < 4.78 is 0. The number of nitrogen functional groups attached to an aromatic ring is 1. The lowest BCUT2D eigenvalue weighted by molar-refractivity contribution is 0.946. The summed E-state index contributed by atoms with van der Waals surface area (Å²) in [5, 5.41) is 7.72. The molecule has 1 aromatic carbocycles. The molecule has 0 fully saturated rings. The van der Waals surface area contributed by atoms with Crippen LogP contribution >= 0.6 is 23.2 Å². The average molecular weight is 257 g/mol. The number of halogens is 2. The second-order valence-electron chi connectivity index (χ2n) is 3.31. The third-order valence-electron chi connectivity index (χ3n) is 2.20. The van der Waals surface area contributed by atoms with Crippen LogP contribution in [0.25, 0.3) is 11.4 Å². The van der Waals surface area contributed by atoms with Gasteiger partial charge in [-0.2, -0.15) is 5.10 Å². The van der Waals surface area contributed by atoms with Gasteiger partial charge in [-0.25, -0.2) is 4.98 Å². The van der Waals surface area contributed by atoms with Crippen LogP contribution in [0, 0.1) is 0 Å². The highest BCUT2D eigenvalue weighted by molar-refractivity contribution is 6.39. The molecule has 0 saturated carbocycles. The first-order valence-corrected chi connectivity index (χ1v) is 5.53. The predicted molar refractivity (Wildman–Crippen MR) is 65.6 cm³/mol. The minimum atomic E-state index is 0.373. The first kappa shape index (κ1) is 11.2. The highest BCUT2D eigenvalue weighted by Gasteiger charge is 2.10. The smallest absolute Gasteiger partial charge is 0.181 e. The van der Waals surface area contributed by atoms with E-state index in [9.17, 15) is 0 Å². The molecule has 0 unspecified atom stereocenters. The summed E-state index contributed by atoms with van der Waals surface area (Å²) in [7, 11) is 0. The van der Waals surface area contributed by atoms with Crippen LogP contribution < -0.4 is 5.73 Å². The molecule has 2 aromatic rings. The lowest BCUT2D eigenvalue weighted by Crippen LogP contribution is -1.90. The number of anilines is 1.